The summed E-state index contributed by atoms with van der Waals surface area (Å²) in [6.07, 6.45) is -4.65. The number of hydrogen-bond acceptors (Lipinski definition) is 0. The highest BCUT2D eigenvalue weighted by atomic mass is 35.5. The van der Waals surface area contributed by atoms with E-state index in [1.54, 1.807) is 0 Å². The fourth-order valence-electron chi connectivity index (χ4n) is 0.107. The summed E-state index contributed by atoms with van der Waals surface area (Å²) < 4.78 is 45.5. The quantitative estimate of drug-likeness (QED) is 0.481. The standard InChI is InChI=1S/C4H3ClF4/c1-2(3(5)6)4(7,8)9/h1H3/b3-2-. The van der Waals surface area contributed by atoms with E-state index in [2.05, 4.69) is 11.6 Å². The Hall–Kier alpha value is -0.250. The predicted molar refractivity (Wildman–Crippen MR) is 25.7 cm³/mol. The Bertz CT molecular complexity index is 130. The SMILES string of the molecule is C/C(=C(/F)Cl)C(F)(F)F. The van der Waals surface area contributed by atoms with E-state index in [9.17, 15) is 17.6 Å². The average molecular weight is 163 g/mol. The summed E-state index contributed by atoms with van der Waals surface area (Å²) in [7, 11) is 0. The van der Waals surface area contributed by atoms with E-state index in [1.807, 2.05) is 0 Å². The first-order chi connectivity index (χ1) is 3.85. The lowest BCUT2D eigenvalue weighted by atomic mass is 10.3. The molecule has 0 nitrogen and oxygen atoms in total. The number of rotatable bonds is 0. The summed E-state index contributed by atoms with van der Waals surface area (Å²) in [5, 5.41) is -1.71. The smallest absolute Gasteiger partial charge is 0.193 e. The molecule has 0 saturated heterocycles. The summed E-state index contributed by atoms with van der Waals surface area (Å²) in [5.41, 5.74) is -1.40. The third kappa shape index (κ3) is 2.70. The highest BCUT2D eigenvalue weighted by molar-refractivity contribution is 6.28. The van der Waals surface area contributed by atoms with Crippen LogP contribution in [0, 0.1) is 0 Å². The van der Waals surface area contributed by atoms with Crippen molar-refractivity contribution in [3.63, 3.8) is 0 Å². The average Bonchev–Trinajstić information content (AvgIpc) is 1.62. The molecule has 0 aliphatic heterocycles. The van der Waals surface area contributed by atoms with E-state index in [0.717, 1.165) is 0 Å². The molecular formula is C4H3ClF4. The molecule has 5 heteroatoms. The van der Waals surface area contributed by atoms with Crippen LogP contribution in [-0.2, 0) is 0 Å². The van der Waals surface area contributed by atoms with Gasteiger partial charge in [0.1, 0.15) is 0 Å². The zero-order valence-electron chi connectivity index (χ0n) is 4.39. The van der Waals surface area contributed by atoms with Crippen LogP contribution in [-0.4, -0.2) is 6.18 Å². The Morgan fingerprint density at radius 2 is 1.67 bits per heavy atom. The van der Waals surface area contributed by atoms with Crippen LogP contribution in [0.1, 0.15) is 6.92 Å². The molecule has 0 bridgehead atoms. The predicted octanol–water partition coefficient (Wildman–Crippen LogP) is 2.99. The first-order valence-electron chi connectivity index (χ1n) is 1.94. The summed E-state index contributed by atoms with van der Waals surface area (Å²) >= 11 is 4.41. The van der Waals surface area contributed by atoms with Gasteiger partial charge in [0.15, 0.2) is 5.29 Å². The van der Waals surface area contributed by atoms with Gasteiger partial charge in [0, 0.05) is 0 Å². The molecule has 9 heavy (non-hydrogen) atoms. The molecule has 0 aliphatic rings. The molecule has 0 atom stereocenters. The van der Waals surface area contributed by atoms with Crippen LogP contribution < -0.4 is 0 Å². The van der Waals surface area contributed by atoms with Crippen molar-refractivity contribution in [2.24, 2.45) is 0 Å². The minimum atomic E-state index is -4.65. The summed E-state index contributed by atoms with van der Waals surface area (Å²) in [4.78, 5) is 0. The second-order valence-corrected chi connectivity index (χ2v) is 1.72. The first kappa shape index (κ1) is 8.75. The number of alkyl halides is 3. The normalized spacial score (nSPS) is 15.3. The first-order valence-corrected chi connectivity index (χ1v) is 2.32. The lowest BCUT2D eigenvalue weighted by Gasteiger charge is -2.03. The van der Waals surface area contributed by atoms with Crippen LogP contribution >= 0.6 is 11.6 Å². The van der Waals surface area contributed by atoms with Gasteiger partial charge in [-0.05, 0) is 6.92 Å². The lowest BCUT2D eigenvalue weighted by molar-refractivity contribution is -0.0926. The molecule has 0 aliphatic carbocycles. The molecule has 0 aromatic carbocycles. The Balaban J connectivity index is 4.40. The fraction of sp³-hybridized carbons (Fsp3) is 0.500. The Kier molecular flexibility index (Phi) is 2.49. The topological polar surface area (TPSA) is 0 Å². The van der Waals surface area contributed by atoms with Crippen molar-refractivity contribution >= 4 is 11.6 Å². The van der Waals surface area contributed by atoms with Crippen molar-refractivity contribution in [3.05, 3.63) is 10.9 Å². The van der Waals surface area contributed by atoms with Crippen LogP contribution in [0.5, 0.6) is 0 Å². The van der Waals surface area contributed by atoms with Crippen molar-refractivity contribution in [3.8, 4) is 0 Å². The van der Waals surface area contributed by atoms with E-state index in [0.29, 0.717) is 6.92 Å². The van der Waals surface area contributed by atoms with E-state index in [4.69, 9.17) is 0 Å². The molecule has 0 aromatic heterocycles. The minimum absolute atomic E-state index is 0.572. The molecule has 0 unspecified atom stereocenters. The number of halogens is 5. The fourth-order valence-corrected chi connectivity index (χ4v) is 0.214. The van der Waals surface area contributed by atoms with Gasteiger partial charge < -0.3 is 0 Å². The molecule has 0 spiro atoms. The Labute approximate surface area is 54.1 Å². The largest absolute Gasteiger partial charge is 0.416 e. The van der Waals surface area contributed by atoms with Crippen molar-refractivity contribution in [1.82, 2.24) is 0 Å². The molecule has 0 rings (SSSR count). The molecule has 54 valence electrons. The van der Waals surface area contributed by atoms with E-state index >= 15 is 0 Å². The van der Waals surface area contributed by atoms with Gasteiger partial charge >= 0.3 is 6.18 Å². The molecule has 0 aromatic rings. The molecule has 0 heterocycles. The third-order valence-electron chi connectivity index (χ3n) is 0.709. The zero-order valence-corrected chi connectivity index (χ0v) is 5.15. The lowest BCUT2D eigenvalue weighted by Crippen LogP contribution is -2.09. The van der Waals surface area contributed by atoms with Gasteiger partial charge in [-0.1, -0.05) is 11.6 Å². The zero-order chi connectivity index (χ0) is 7.65. The van der Waals surface area contributed by atoms with Crippen molar-refractivity contribution in [1.29, 1.82) is 0 Å². The van der Waals surface area contributed by atoms with Crippen molar-refractivity contribution < 1.29 is 17.6 Å². The van der Waals surface area contributed by atoms with Crippen molar-refractivity contribution in [2.75, 3.05) is 0 Å². The molecule has 0 radical (unpaired) electrons. The van der Waals surface area contributed by atoms with Crippen LogP contribution in [0.2, 0.25) is 0 Å². The van der Waals surface area contributed by atoms with Crippen LogP contribution in [0.4, 0.5) is 17.6 Å². The maximum absolute atomic E-state index is 11.5. The Morgan fingerprint density at radius 1 is 1.33 bits per heavy atom. The van der Waals surface area contributed by atoms with Crippen LogP contribution in [0.15, 0.2) is 10.9 Å². The van der Waals surface area contributed by atoms with Gasteiger partial charge in [-0.3, -0.25) is 0 Å². The van der Waals surface area contributed by atoms with Gasteiger partial charge in [-0.25, -0.2) is 0 Å². The molecular weight excluding hydrogens is 159 g/mol. The Morgan fingerprint density at radius 3 is 1.67 bits per heavy atom. The summed E-state index contributed by atoms with van der Waals surface area (Å²) in [5.74, 6) is 0. The van der Waals surface area contributed by atoms with Crippen molar-refractivity contribution in [2.45, 2.75) is 13.1 Å². The molecule has 0 fully saturated rings. The molecule has 0 N–H and O–H groups in total. The minimum Gasteiger partial charge on any atom is -0.193 e. The summed E-state index contributed by atoms with van der Waals surface area (Å²) in [6.45, 7) is 0.572. The van der Waals surface area contributed by atoms with Gasteiger partial charge in [0.25, 0.3) is 0 Å². The third-order valence-corrected chi connectivity index (χ3v) is 0.992. The van der Waals surface area contributed by atoms with Gasteiger partial charge in [-0.2, -0.15) is 17.6 Å². The van der Waals surface area contributed by atoms with Gasteiger partial charge in [0.2, 0.25) is 0 Å². The van der Waals surface area contributed by atoms with E-state index in [1.165, 1.54) is 0 Å². The van der Waals surface area contributed by atoms with E-state index in [-0.39, 0.29) is 0 Å². The second-order valence-electron chi connectivity index (χ2n) is 1.38. The highest BCUT2D eigenvalue weighted by Crippen LogP contribution is 2.29. The summed E-state index contributed by atoms with van der Waals surface area (Å²) in [6, 6.07) is 0. The molecule has 0 amide bonds. The van der Waals surface area contributed by atoms with Crippen LogP contribution in [0.3, 0.4) is 0 Å². The monoisotopic (exact) mass is 162 g/mol. The van der Waals surface area contributed by atoms with Crippen LogP contribution in [0.25, 0.3) is 0 Å². The molecule has 0 saturated carbocycles. The highest BCUT2D eigenvalue weighted by Gasteiger charge is 2.32. The maximum atomic E-state index is 11.5. The van der Waals surface area contributed by atoms with Gasteiger partial charge in [0.05, 0.1) is 5.57 Å². The second kappa shape index (κ2) is 2.56. The number of hydrogen-bond donors (Lipinski definition) is 0. The number of allylic oxidation sites excluding steroid dienone is 1. The van der Waals surface area contributed by atoms with E-state index < -0.39 is 17.0 Å². The van der Waals surface area contributed by atoms with Gasteiger partial charge in [-0.15, -0.1) is 0 Å². The maximum Gasteiger partial charge on any atom is 0.416 e.